The lowest BCUT2D eigenvalue weighted by atomic mass is 10.2. The van der Waals surface area contributed by atoms with E-state index in [0.29, 0.717) is 29.7 Å². The molecule has 10 heteroatoms. The predicted molar refractivity (Wildman–Crippen MR) is 109 cm³/mol. The number of nitrogens with one attached hydrogen (secondary N) is 2. The summed E-state index contributed by atoms with van der Waals surface area (Å²) in [5.74, 6) is -0.168. The Balaban J connectivity index is 1.50. The van der Waals surface area contributed by atoms with E-state index in [4.69, 9.17) is 4.74 Å². The molecule has 2 aliphatic heterocycles. The van der Waals surface area contributed by atoms with Crippen molar-refractivity contribution < 1.29 is 14.3 Å². The number of hydrogen-bond acceptors (Lipinski definition) is 6. The van der Waals surface area contributed by atoms with E-state index in [1.165, 1.54) is 16.3 Å². The largest absolute Gasteiger partial charge is 0.376 e. The molecule has 1 fully saturated rings. The van der Waals surface area contributed by atoms with Crippen LogP contribution < -0.4 is 15.9 Å². The molecule has 0 aliphatic carbocycles. The molecule has 0 spiro atoms. The first-order chi connectivity index (χ1) is 14.0. The molecule has 154 valence electrons. The molecule has 0 bridgehead atoms. The SMILES string of the molecule is C[C@@H]1CC(=O)Nc2ccccc2N1C(=O)CSc1n[nH]c(=O)n1C[C@@H]1CCCO1. The molecule has 2 aromatic rings. The Kier molecular flexibility index (Phi) is 5.72. The molecular formula is C19H23N5O4S. The maximum atomic E-state index is 13.1. The van der Waals surface area contributed by atoms with Gasteiger partial charge in [-0.3, -0.25) is 14.2 Å². The minimum atomic E-state index is -0.307. The molecular weight excluding hydrogens is 394 g/mol. The Labute approximate surface area is 171 Å². The van der Waals surface area contributed by atoms with Crippen molar-refractivity contribution in [1.82, 2.24) is 14.8 Å². The van der Waals surface area contributed by atoms with Crippen LogP contribution in [0.1, 0.15) is 26.2 Å². The fraction of sp³-hybridized carbons (Fsp3) is 0.474. The van der Waals surface area contributed by atoms with E-state index in [2.05, 4.69) is 15.5 Å². The monoisotopic (exact) mass is 417 g/mol. The van der Waals surface area contributed by atoms with Gasteiger partial charge in [-0.25, -0.2) is 9.89 Å². The summed E-state index contributed by atoms with van der Waals surface area (Å²) >= 11 is 1.21. The molecule has 4 rings (SSSR count). The van der Waals surface area contributed by atoms with Crippen LogP contribution >= 0.6 is 11.8 Å². The van der Waals surface area contributed by atoms with Crippen LogP contribution in [0.15, 0.2) is 34.2 Å². The van der Waals surface area contributed by atoms with Crippen molar-refractivity contribution in [2.24, 2.45) is 0 Å². The van der Waals surface area contributed by atoms with E-state index >= 15 is 0 Å². The lowest BCUT2D eigenvalue weighted by Gasteiger charge is -2.27. The van der Waals surface area contributed by atoms with Gasteiger partial charge in [0.1, 0.15) is 0 Å². The highest BCUT2D eigenvalue weighted by molar-refractivity contribution is 7.99. The first-order valence-electron chi connectivity index (χ1n) is 9.63. The number of aromatic amines is 1. The van der Waals surface area contributed by atoms with Gasteiger partial charge in [0.2, 0.25) is 11.8 Å². The molecule has 0 unspecified atom stereocenters. The third-order valence-electron chi connectivity index (χ3n) is 5.09. The molecule has 2 N–H and O–H groups in total. The maximum Gasteiger partial charge on any atom is 0.344 e. The van der Waals surface area contributed by atoms with Gasteiger partial charge >= 0.3 is 5.69 Å². The molecule has 1 aromatic carbocycles. The van der Waals surface area contributed by atoms with Gasteiger partial charge in [0.05, 0.1) is 29.8 Å². The number of hydrogen-bond donors (Lipinski definition) is 2. The van der Waals surface area contributed by atoms with Gasteiger partial charge in [-0.2, -0.15) is 0 Å². The Morgan fingerprint density at radius 1 is 1.34 bits per heavy atom. The number of anilines is 2. The van der Waals surface area contributed by atoms with E-state index in [1.807, 2.05) is 25.1 Å². The van der Waals surface area contributed by atoms with Crippen molar-refractivity contribution in [3.63, 3.8) is 0 Å². The third kappa shape index (κ3) is 4.23. The Morgan fingerprint density at radius 2 is 2.17 bits per heavy atom. The Hall–Kier alpha value is -2.59. The van der Waals surface area contributed by atoms with Crippen molar-refractivity contribution in [2.75, 3.05) is 22.6 Å². The summed E-state index contributed by atoms with van der Waals surface area (Å²) in [4.78, 5) is 38.9. The van der Waals surface area contributed by atoms with Crippen molar-refractivity contribution in [2.45, 2.75) is 50.0 Å². The normalized spacial score (nSPS) is 21.6. The van der Waals surface area contributed by atoms with Crippen LogP contribution in [0, 0.1) is 0 Å². The average Bonchev–Trinajstić information content (AvgIpc) is 3.29. The molecule has 1 aromatic heterocycles. The number of aromatic nitrogens is 3. The summed E-state index contributed by atoms with van der Waals surface area (Å²) in [5.41, 5.74) is 0.990. The van der Waals surface area contributed by atoms with Gasteiger partial charge in [0, 0.05) is 19.1 Å². The highest BCUT2D eigenvalue weighted by Gasteiger charge is 2.30. The number of para-hydroxylation sites is 2. The van der Waals surface area contributed by atoms with Crippen LogP contribution in [0.3, 0.4) is 0 Å². The summed E-state index contributed by atoms with van der Waals surface area (Å²) in [6.07, 6.45) is 2.10. The zero-order valence-corrected chi connectivity index (χ0v) is 16.9. The number of thioether (sulfide) groups is 1. The average molecular weight is 417 g/mol. The third-order valence-corrected chi connectivity index (χ3v) is 6.05. The number of nitrogens with zero attached hydrogens (tertiary/aromatic N) is 3. The zero-order chi connectivity index (χ0) is 20.4. The molecule has 9 nitrogen and oxygen atoms in total. The summed E-state index contributed by atoms with van der Waals surface area (Å²) in [6, 6.07) is 6.98. The lowest BCUT2D eigenvalue weighted by molar-refractivity contribution is -0.117. The molecule has 0 saturated carbocycles. The van der Waals surface area contributed by atoms with Gasteiger partial charge in [0.15, 0.2) is 5.16 Å². The van der Waals surface area contributed by atoms with Crippen molar-refractivity contribution >= 4 is 35.0 Å². The number of H-pyrrole nitrogens is 1. The van der Waals surface area contributed by atoms with E-state index in [1.54, 1.807) is 11.0 Å². The first kappa shape index (κ1) is 19.7. The number of rotatable bonds is 5. The lowest BCUT2D eigenvalue weighted by Crippen LogP contribution is -2.40. The second-order valence-electron chi connectivity index (χ2n) is 7.23. The van der Waals surface area contributed by atoms with E-state index in [9.17, 15) is 14.4 Å². The number of amides is 2. The Morgan fingerprint density at radius 3 is 2.97 bits per heavy atom. The van der Waals surface area contributed by atoms with E-state index < -0.39 is 0 Å². The summed E-state index contributed by atoms with van der Waals surface area (Å²) in [5, 5.41) is 9.83. The fourth-order valence-corrected chi connectivity index (χ4v) is 4.55. The molecule has 2 amide bonds. The van der Waals surface area contributed by atoms with Gasteiger partial charge in [0.25, 0.3) is 0 Å². The molecule has 3 heterocycles. The van der Waals surface area contributed by atoms with Crippen LogP contribution in [-0.4, -0.2) is 51.1 Å². The zero-order valence-electron chi connectivity index (χ0n) is 16.1. The first-order valence-corrected chi connectivity index (χ1v) is 10.6. The molecule has 29 heavy (non-hydrogen) atoms. The van der Waals surface area contributed by atoms with Gasteiger partial charge in [-0.15, -0.1) is 5.10 Å². The topological polar surface area (TPSA) is 109 Å². The van der Waals surface area contributed by atoms with Crippen LogP contribution in [-0.2, 0) is 20.9 Å². The number of ether oxygens (including phenoxy) is 1. The van der Waals surface area contributed by atoms with E-state index in [0.717, 1.165) is 12.8 Å². The van der Waals surface area contributed by atoms with Crippen molar-refractivity contribution in [1.29, 1.82) is 0 Å². The van der Waals surface area contributed by atoms with Crippen LogP contribution in [0.2, 0.25) is 0 Å². The smallest absolute Gasteiger partial charge is 0.344 e. The van der Waals surface area contributed by atoms with Crippen LogP contribution in [0.5, 0.6) is 0 Å². The van der Waals surface area contributed by atoms with Gasteiger partial charge < -0.3 is 15.0 Å². The number of fused-ring (bicyclic) bond motifs is 1. The molecule has 2 aliphatic rings. The van der Waals surface area contributed by atoms with Gasteiger partial charge in [-0.1, -0.05) is 23.9 Å². The van der Waals surface area contributed by atoms with Crippen LogP contribution in [0.25, 0.3) is 0 Å². The second-order valence-corrected chi connectivity index (χ2v) is 8.17. The summed E-state index contributed by atoms with van der Waals surface area (Å²) < 4.78 is 7.14. The minimum absolute atomic E-state index is 0.00468. The number of carbonyl (C=O) groups is 2. The molecule has 2 atom stereocenters. The Bertz CT molecular complexity index is 966. The highest BCUT2D eigenvalue weighted by Crippen LogP contribution is 2.32. The standard InChI is InChI=1S/C19H23N5O4S/c1-12-9-16(25)20-14-6-2-3-7-15(14)24(12)17(26)11-29-19-22-21-18(27)23(19)10-13-5-4-8-28-13/h2-3,6-7,12-13H,4-5,8-11H2,1H3,(H,20,25)(H,21,27)/t12-,13+/m1/s1. The molecule has 1 saturated heterocycles. The number of carbonyl (C=O) groups excluding carboxylic acids is 2. The number of benzene rings is 1. The minimum Gasteiger partial charge on any atom is -0.376 e. The quantitative estimate of drug-likeness (QED) is 0.716. The fourth-order valence-electron chi connectivity index (χ4n) is 3.73. The molecule has 0 radical (unpaired) electrons. The maximum absolute atomic E-state index is 13.1. The van der Waals surface area contributed by atoms with E-state index in [-0.39, 0.29) is 41.8 Å². The highest BCUT2D eigenvalue weighted by atomic mass is 32.2. The van der Waals surface area contributed by atoms with Gasteiger partial charge in [-0.05, 0) is 31.9 Å². The predicted octanol–water partition coefficient (Wildman–Crippen LogP) is 1.61. The van der Waals surface area contributed by atoms with Crippen LogP contribution in [0.4, 0.5) is 11.4 Å². The summed E-state index contributed by atoms with van der Waals surface area (Å²) in [6.45, 7) is 2.98. The van der Waals surface area contributed by atoms with Crippen molar-refractivity contribution in [3.05, 3.63) is 34.7 Å². The second kappa shape index (κ2) is 8.42. The van der Waals surface area contributed by atoms with Crippen molar-refractivity contribution in [3.8, 4) is 0 Å². The summed E-state index contributed by atoms with van der Waals surface area (Å²) in [7, 11) is 0.